The minimum Gasteiger partial charge on any atom is -0.360 e. The summed E-state index contributed by atoms with van der Waals surface area (Å²) in [4.78, 5) is 28.4. The van der Waals surface area contributed by atoms with Crippen LogP contribution in [0, 0.1) is 6.92 Å². The van der Waals surface area contributed by atoms with E-state index in [0.717, 1.165) is 21.0 Å². The Morgan fingerprint density at radius 2 is 2.12 bits per heavy atom. The lowest BCUT2D eigenvalue weighted by Gasteiger charge is -2.34. The van der Waals surface area contributed by atoms with E-state index < -0.39 is 0 Å². The third-order valence-electron chi connectivity index (χ3n) is 4.31. The zero-order chi connectivity index (χ0) is 17.7. The summed E-state index contributed by atoms with van der Waals surface area (Å²) in [6.07, 6.45) is 0. The first-order valence-electron chi connectivity index (χ1n) is 7.87. The van der Waals surface area contributed by atoms with Crippen molar-refractivity contribution in [3.63, 3.8) is 0 Å². The second-order valence-corrected chi connectivity index (χ2v) is 7.10. The molecule has 1 aliphatic heterocycles. The van der Waals surface area contributed by atoms with Crippen molar-refractivity contribution >= 4 is 34.3 Å². The molecule has 0 aliphatic carbocycles. The number of amides is 1. The van der Waals surface area contributed by atoms with Gasteiger partial charge >= 0.3 is 0 Å². The van der Waals surface area contributed by atoms with Crippen LogP contribution in [0.5, 0.6) is 0 Å². The Labute approximate surface area is 147 Å². The first-order chi connectivity index (χ1) is 12.0. The number of nitrogens with zero attached hydrogens (tertiary/aromatic N) is 4. The molecule has 25 heavy (non-hydrogen) atoms. The van der Waals surface area contributed by atoms with Gasteiger partial charge in [0.25, 0.3) is 11.5 Å². The number of para-hydroxylation sites is 1. The summed E-state index contributed by atoms with van der Waals surface area (Å²) in [5, 5.41) is 8.41. The average Bonchev–Trinajstić information content (AvgIpc) is 2.99. The third kappa shape index (κ3) is 2.36. The second-order valence-electron chi connectivity index (χ2n) is 6.04. The molecule has 3 aromatic rings. The second kappa shape index (κ2) is 5.73. The van der Waals surface area contributed by atoms with Crippen molar-refractivity contribution in [2.24, 2.45) is 7.05 Å². The van der Waals surface area contributed by atoms with E-state index in [1.807, 2.05) is 31.2 Å². The number of hydrogen-bond donors (Lipinski definition) is 0. The first kappa shape index (κ1) is 15.9. The van der Waals surface area contributed by atoms with E-state index in [4.69, 9.17) is 4.52 Å². The van der Waals surface area contributed by atoms with E-state index in [1.165, 1.54) is 7.05 Å². The summed E-state index contributed by atoms with van der Waals surface area (Å²) in [7, 11) is 1.51. The number of fused-ring (bicyclic) bond motifs is 2. The third-order valence-corrected chi connectivity index (χ3v) is 5.62. The number of hydrogen-bond acceptors (Lipinski definition) is 6. The molecule has 1 amide bonds. The fraction of sp³-hybridized carbons (Fsp3) is 0.294. The van der Waals surface area contributed by atoms with Gasteiger partial charge in [0, 0.05) is 23.7 Å². The summed E-state index contributed by atoms with van der Waals surface area (Å²) in [6.45, 7) is 3.68. The van der Waals surface area contributed by atoms with Gasteiger partial charge in [0.15, 0.2) is 11.2 Å². The van der Waals surface area contributed by atoms with Crippen molar-refractivity contribution in [2.75, 3.05) is 10.7 Å². The molecule has 1 unspecified atom stereocenters. The summed E-state index contributed by atoms with van der Waals surface area (Å²) >= 11 is 1.73. The molecule has 1 atom stereocenters. The van der Waals surface area contributed by atoms with Crippen molar-refractivity contribution in [3.8, 4) is 0 Å². The molecule has 0 saturated heterocycles. The molecule has 0 spiro atoms. The van der Waals surface area contributed by atoms with Gasteiger partial charge in [-0.25, -0.2) is 4.68 Å². The minimum atomic E-state index is -0.383. The van der Waals surface area contributed by atoms with Crippen LogP contribution in [0.4, 0.5) is 5.69 Å². The van der Waals surface area contributed by atoms with Crippen LogP contribution in [0.25, 0.3) is 10.9 Å². The lowest BCUT2D eigenvalue weighted by molar-refractivity contribution is 0.0974. The Hall–Kier alpha value is -2.61. The summed E-state index contributed by atoms with van der Waals surface area (Å²) in [6, 6.07) is 7.79. The van der Waals surface area contributed by atoms with E-state index in [-0.39, 0.29) is 28.7 Å². The highest BCUT2D eigenvalue weighted by molar-refractivity contribution is 7.99. The molecule has 8 heteroatoms. The maximum Gasteiger partial charge on any atom is 0.296 e. The van der Waals surface area contributed by atoms with Crippen LogP contribution in [0.3, 0.4) is 0 Å². The molecule has 2 aromatic heterocycles. The lowest BCUT2D eigenvalue weighted by Crippen LogP contribution is -2.43. The van der Waals surface area contributed by atoms with E-state index in [2.05, 4.69) is 10.3 Å². The van der Waals surface area contributed by atoms with Crippen LogP contribution in [0.1, 0.15) is 23.2 Å². The topological polar surface area (TPSA) is 81.2 Å². The number of rotatable bonds is 1. The molecule has 128 valence electrons. The maximum absolute atomic E-state index is 13.4. The van der Waals surface area contributed by atoms with Crippen molar-refractivity contribution in [1.29, 1.82) is 0 Å². The molecule has 1 aliphatic rings. The van der Waals surface area contributed by atoms with Crippen LogP contribution >= 0.6 is 11.8 Å². The van der Waals surface area contributed by atoms with Gasteiger partial charge in [-0.15, -0.1) is 11.8 Å². The average molecular weight is 356 g/mol. The number of aryl methyl sites for hydroxylation is 2. The predicted molar refractivity (Wildman–Crippen MR) is 95.2 cm³/mol. The lowest BCUT2D eigenvalue weighted by atomic mass is 10.1. The molecular weight excluding hydrogens is 340 g/mol. The predicted octanol–water partition coefficient (Wildman–Crippen LogP) is 2.37. The number of carbonyl (C=O) groups excluding carboxylic acids is 1. The minimum absolute atomic E-state index is 0.00153. The van der Waals surface area contributed by atoms with Gasteiger partial charge in [0.05, 0.1) is 11.1 Å². The highest BCUT2D eigenvalue weighted by Gasteiger charge is 2.32. The Kier molecular flexibility index (Phi) is 3.64. The summed E-state index contributed by atoms with van der Waals surface area (Å²) < 4.78 is 6.28. The molecule has 0 bridgehead atoms. The normalized spacial score (nSPS) is 16.9. The van der Waals surface area contributed by atoms with E-state index in [0.29, 0.717) is 11.1 Å². The van der Waals surface area contributed by atoms with Gasteiger partial charge in [-0.3, -0.25) is 9.59 Å². The molecule has 4 rings (SSSR count). The van der Waals surface area contributed by atoms with Gasteiger partial charge in [-0.2, -0.15) is 5.10 Å². The quantitative estimate of drug-likeness (QED) is 0.666. The molecular formula is C17H16N4O3S. The largest absolute Gasteiger partial charge is 0.360 e. The van der Waals surface area contributed by atoms with Crippen molar-refractivity contribution in [1.82, 2.24) is 14.9 Å². The SMILES string of the molecule is Cc1onc2c(=O)n(C)nc(C(=O)N3c4ccccc4SCC3C)c12. The van der Waals surface area contributed by atoms with E-state index in [1.54, 1.807) is 23.6 Å². The van der Waals surface area contributed by atoms with Crippen LogP contribution in [-0.2, 0) is 7.05 Å². The zero-order valence-electron chi connectivity index (χ0n) is 14.0. The summed E-state index contributed by atoms with van der Waals surface area (Å²) in [5.41, 5.74) is 0.787. The fourth-order valence-electron chi connectivity index (χ4n) is 3.07. The molecule has 0 N–H and O–H groups in total. The van der Waals surface area contributed by atoms with E-state index in [9.17, 15) is 9.59 Å². The number of aromatic nitrogens is 3. The Balaban J connectivity index is 1.93. The fourth-order valence-corrected chi connectivity index (χ4v) is 4.13. The number of carbonyl (C=O) groups is 1. The van der Waals surface area contributed by atoms with Crippen LogP contribution in [0.15, 0.2) is 38.5 Å². The van der Waals surface area contributed by atoms with Gasteiger partial charge in [-0.1, -0.05) is 17.3 Å². The van der Waals surface area contributed by atoms with Gasteiger partial charge in [-0.05, 0) is 26.0 Å². The standard InChI is InChI=1S/C17H16N4O3S/c1-9-8-25-12-7-5-4-6-11(12)21(9)17(23)14-13-10(2)24-19-15(13)16(22)20(3)18-14/h4-7,9H,8H2,1-3H3. The zero-order valence-corrected chi connectivity index (χ0v) is 14.8. The molecule has 3 heterocycles. The van der Waals surface area contributed by atoms with E-state index >= 15 is 0 Å². The van der Waals surface area contributed by atoms with Crippen molar-refractivity contribution in [2.45, 2.75) is 24.8 Å². The maximum atomic E-state index is 13.4. The van der Waals surface area contributed by atoms with Crippen LogP contribution in [-0.4, -0.2) is 32.6 Å². The highest BCUT2D eigenvalue weighted by atomic mass is 32.2. The number of benzene rings is 1. The monoisotopic (exact) mass is 356 g/mol. The smallest absolute Gasteiger partial charge is 0.296 e. The molecule has 0 saturated carbocycles. The highest BCUT2D eigenvalue weighted by Crippen LogP contribution is 2.38. The van der Waals surface area contributed by atoms with Crippen LogP contribution < -0.4 is 10.5 Å². The van der Waals surface area contributed by atoms with Crippen molar-refractivity contribution < 1.29 is 9.32 Å². The Morgan fingerprint density at radius 1 is 1.36 bits per heavy atom. The number of thioether (sulfide) groups is 1. The Bertz CT molecular complexity index is 1060. The molecule has 0 radical (unpaired) electrons. The Morgan fingerprint density at radius 3 is 2.92 bits per heavy atom. The van der Waals surface area contributed by atoms with Gasteiger partial charge < -0.3 is 9.42 Å². The van der Waals surface area contributed by atoms with Crippen molar-refractivity contribution in [3.05, 3.63) is 46.1 Å². The molecule has 1 aromatic carbocycles. The van der Waals surface area contributed by atoms with Gasteiger partial charge in [0.2, 0.25) is 0 Å². The molecule has 0 fully saturated rings. The molecule has 7 nitrogen and oxygen atoms in total. The number of anilines is 1. The first-order valence-corrected chi connectivity index (χ1v) is 8.86. The van der Waals surface area contributed by atoms with Gasteiger partial charge in [0.1, 0.15) is 5.76 Å². The summed E-state index contributed by atoms with van der Waals surface area (Å²) in [5.74, 6) is 0.948. The van der Waals surface area contributed by atoms with Crippen LogP contribution in [0.2, 0.25) is 0 Å².